The molecule has 2 aromatic carbocycles. The molecule has 1 aromatic heterocycles. The van der Waals surface area contributed by atoms with E-state index >= 15 is 0 Å². The molecule has 0 spiro atoms. The number of nitrogens with one attached hydrogen (secondary N) is 1. The van der Waals surface area contributed by atoms with Gasteiger partial charge in [0.05, 0.1) is 26.4 Å². The molecule has 0 radical (unpaired) electrons. The minimum absolute atomic E-state index is 0.0456. The summed E-state index contributed by atoms with van der Waals surface area (Å²) in [6.07, 6.45) is 1.68. The lowest BCUT2D eigenvalue weighted by atomic mass is 10.2. The van der Waals surface area contributed by atoms with E-state index in [4.69, 9.17) is 16.3 Å². The molecule has 1 saturated heterocycles. The molecular weight excluding hydrogens is 414 g/mol. The molecule has 7 nitrogen and oxygen atoms in total. The monoisotopic (exact) mass is 439 g/mol. The van der Waals surface area contributed by atoms with Crippen LogP contribution >= 0.6 is 11.6 Å². The summed E-state index contributed by atoms with van der Waals surface area (Å²) in [5.41, 5.74) is 2.10. The molecule has 0 atom stereocenters. The number of hydrogen-bond donors (Lipinski definition) is 1. The van der Waals surface area contributed by atoms with Gasteiger partial charge in [-0.15, -0.1) is 0 Å². The van der Waals surface area contributed by atoms with Gasteiger partial charge in [0.2, 0.25) is 5.91 Å². The van der Waals surface area contributed by atoms with E-state index in [-0.39, 0.29) is 5.91 Å². The normalized spacial score (nSPS) is 14.5. The number of piperazine rings is 1. The molecular formula is C23H26ClN5O2. The largest absolute Gasteiger partial charge is 0.497 e. The predicted octanol–water partition coefficient (Wildman–Crippen LogP) is 3.35. The van der Waals surface area contributed by atoms with Gasteiger partial charge in [-0.1, -0.05) is 35.9 Å². The van der Waals surface area contributed by atoms with Gasteiger partial charge in [-0.25, -0.2) is 4.68 Å². The van der Waals surface area contributed by atoms with Crippen LogP contribution in [0.2, 0.25) is 5.02 Å². The van der Waals surface area contributed by atoms with Gasteiger partial charge >= 0.3 is 0 Å². The molecule has 1 N–H and O–H groups in total. The molecule has 1 amide bonds. The summed E-state index contributed by atoms with van der Waals surface area (Å²) in [4.78, 5) is 17.1. The summed E-state index contributed by atoms with van der Waals surface area (Å²) in [6, 6.07) is 17.5. The lowest BCUT2D eigenvalue weighted by molar-refractivity contribution is -0.117. The van der Waals surface area contributed by atoms with Crippen LogP contribution in [0.4, 0.5) is 11.5 Å². The summed E-state index contributed by atoms with van der Waals surface area (Å²) in [5.74, 6) is 1.48. The van der Waals surface area contributed by atoms with Crippen molar-refractivity contribution in [1.82, 2.24) is 14.7 Å². The van der Waals surface area contributed by atoms with E-state index in [9.17, 15) is 4.79 Å². The molecule has 1 aliphatic rings. The van der Waals surface area contributed by atoms with Crippen molar-refractivity contribution in [1.29, 1.82) is 0 Å². The Kier molecular flexibility index (Phi) is 6.74. The van der Waals surface area contributed by atoms with Crippen molar-refractivity contribution in [3.8, 4) is 5.75 Å². The number of rotatable bonds is 7. The molecule has 1 aliphatic heterocycles. The maximum absolute atomic E-state index is 12.6. The number of ether oxygens (including phenoxy) is 1. The quantitative estimate of drug-likeness (QED) is 0.611. The fraction of sp³-hybridized carbons (Fsp3) is 0.304. The summed E-state index contributed by atoms with van der Waals surface area (Å²) >= 11 is 6.25. The summed E-state index contributed by atoms with van der Waals surface area (Å²) in [5, 5.41) is 7.99. The van der Waals surface area contributed by atoms with Gasteiger partial charge in [-0.05, 0) is 23.8 Å². The second-order valence-corrected chi connectivity index (χ2v) is 7.89. The molecule has 1 fully saturated rings. The van der Waals surface area contributed by atoms with Crippen molar-refractivity contribution in [2.24, 2.45) is 0 Å². The third-order valence-corrected chi connectivity index (χ3v) is 5.79. The van der Waals surface area contributed by atoms with Gasteiger partial charge in [0.1, 0.15) is 11.6 Å². The maximum Gasteiger partial charge on any atom is 0.239 e. The lowest BCUT2D eigenvalue weighted by Gasteiger charge is -2.35. The second-order valence-electron chi connectivity index (χ2n) is 7.48. The van der Waals surface area contributed by atoms with Gasteiger partial charge in [-0.3, -0.25) is 9.69 Å². The zero-order chi connectivity index (χ0) is 21.6. The Hall–Kier alpha value is -3.03. The molecule has 0 aliphatic carbocycles. The Morgan fingerprint density at radius 2 is 1.90 bits per heavy atom. The van der Waals surface area contributed by atoms with Crippen molar-refractivity contribution in [2.45, 2.75) is 6.54 Å². The van der Waals surface area contributed by atoms with Crippen LogP contribution < -0.4 is 15.0 Å². The standard InChI is InChI=1S/C23H26ClN5O2/c1-31-20-7-4-6-19(15-20)28-13-11-27(12-14-28)17-23(30)26-22-9-10-25-29(22)16-18-5-2-3-8-21(18)24/h2-10,15H,11-14,16-17H2,1H3,(H,26,30). The molecule has 2 heterocycles. The highest BCUT2D eigenvalue weighted by Crippen LogP contribution is 2.22. The highest BCUT2D eigenvalue weighted by atomic mass is 35.5. The van der Waals surface area contributed by atoms with Gasteiger partial charge in [0.25, 0.3) is 0 Å². The minimum atomic E-state index is -0.0456. The average Bonchev–Trinajstić information content (AvgIpc) is 3.22. The fourth-order valence-corrected chi connectivity index (χ4v) is 3.91. The van der Waals surface area contributed by atoms with E-state index in [1.165, 1.54) is 0 Å². The van der Waals surface area contributed by atoms with Gasteiger partial charge in [0.15, 0.2) is 0 Å². The number of amides is 1. The third-order valence-electron chi connectivity index (χ3n) is 5.42. The number of hydrogen-bond acceptors (Lipinski definition) is 5. The Balaban J connectivity index is 1.29. The number of carbonyl (C=O) groups is 1. The average molecular weight is 440 g/mol. The highest BCUT2D eigenvalue weighted by molar-refractivity contribution is 6.31. The van der Waals surface area contributed by atoms with Crippen molar-refractivity contribution < 1.29 is 9.53 Å². The van der Waals surface area contributed by atoms with Crippen LogP contribution in [0.1, 0.15) is 5.56 Å². The number of halogens is 1. The number of aromatic nitrogens is 2. The zero-order valence-corrected chi connectivity index (χ0v) is 18.3. The Labute approximate surface area is 187 Å². The first kappa shape index (κ1) is 21.2. The van der Waals surface area contributed by atoms with Crippen LogP contribution in [-0.4, -0.2) is 60.4 Å². The van der Waals surface area contributed by atoms with Crippen LogP contribution in [0.5, 0.6) is 5.75 Å². The molecule has 0 saturated carbocycles. The smallest absolute Gasteiger partial charge is 0.239 e. The number of methoxy groups -OCH3 is 1. The highest BCUT2D eigenvalue weighted by Gasteiger charge is 2.20. The van der Waals surface area contributed by atoms with Crippen LogP contribution in [-0.2, 0) is 11.3 Å². The van der Waals surface area contributed by atoms with Crippen molar-refractivity contribution in [3.05, 3.63) is 71.4 Å². The van der Waals surface area contributed by atoms with Crippen molar-refractivity contribution in [3.63, 3.8) is 0 Å². The van der Waals surface area contributed by atoms with Gasteiger partial charge in [0, 0.05) is 49.0 Å². The summed E-state index contributed by atoms with van der Waals surface area (Å²) < 4.78 is 7.07. The summed E-state index contributed by atoms with van der Waals surface area (Å²) in [6.45, 7) is 4.23. The topological polar surface area (TPSA) is 62.6 Å². The molecule has 0 bridgehead atoms. The van der Waals surface area contributed by atoms with E-state index in [1.54, 1.807) is 24.1 Å². The van der Waals surface area contributed by atoms with Crippen LogP contribution in [0.25, 0.3) is 0 Å². The van der Waals surface area contributed by atoms with E-state index in [0.717, 1.165) is 43.2 Å². The second kappa shape index (κ2) is 9.85. The van der Waals surface area contributed by atoms with E-state index in [0.29, 0.717) is 23.9 Å². The number of benzene rings is 2. The summed E-state index contributed by atoms with van der Waals surface area (Å²) in [7, 11) is 1.68. The van der Waals surface area contributed by atoms with Gasteiger partial charge in [-0.2, -0.15) is 5.10 Å². The first-order valence-electron chi connectivity index (χ1n) is 10.3. The molecule has 0 unspecified atom stereocenters. The van der Waals surface area contributed by atoms with E-state index in [1.807, 2.05) is 42.5 Å². The van der Waals surface area contributed by atoms with Crippen LogP contribution in [0, 0.1) is 0 Å². The Morgan fingerprint density at radius 3 is 2.68 bits per heavy atom. The van der Waals surface area contributed by atoms with E-state index in [2.05, 4.69) is 26.3 Å². The van der Waals surface area contributed by atoms with Crippen LogP contribution in [0.3, 0.4) is 0 Å². The van der Waals surface area contributed by atoms with E-state index < -0.39 is 0 Å². The maximum atomic E-state index is 12.6. The SMILES string of the molecule is COc1cccc(N2CCN(CC(=O)Nc3ccnn3Cc3ccccc3Cl)CC2)c1. The minimum Gasteiger partial charge on any atom is -0.497 e. The number of nitrogens with zero attached hydrogens (tertiary/aromatic N) is 4. The molecule has 3 aromatic rings. The number of anilines is 2. The molecule has 162 valence electrons. The molecule has 8 heteroatoms. The van der Waals surface area contributed by atoms with Crippen LogP contribution in [0.15, 0.2) is 60.8 Å². The Morgan fingerprint density at radius 1 is 1.10 bits per heavy atom. The first-order valence-corrected chi connectivity index (χ1v) is 10.7. The number of carbonyl (C=O) groups excluding carboxylic acids is 1. The predicted molar refractivity (Wildman–Crippen MR) is 123 cm³/mol. The molecule has 31 heavy (non-hydrogen) atoms. The zero-order valence-electron chi connectivity index (χ0n) is 17.5. The Bertz CT molecular complexity index is 1030. The molecule has 4 rings (SSSR count). The van der Waals surface area contributed by atoms with Crippen molar-refractivity contribution in [2.75, 3.05) is 50.1 Å². The first-order chi connectivity index (χ1) is 15.1. The lowest BCUT2D eigenvalue weighted by Crippen LogP contribution is -2.48. The third kappa shape index (κ3) is 5.37. The van der Waals surface area contributed by atoms with Crippen molar-refractivity contribution >= 4 is 29.0 Å². The fourth-order valence-electron chi connectivity index (χ4n) is 3.71. The van der Waals surface area contributed by atoms with Gasteiger partial charge < -0.3 is 15.0 Å².